The Labute approximate surface area is 129 Å². The van der Waals surface area contributed by atoms with Crippen molar-refractivity contribution in [3.05, 3.63) is 22.2 Å². The number of likely N-dealkylation sites (tertiary alicyclic amines) is 1. The van der Waals surface area contributed by atoms with Crippen LogP contribution >= 0.6 is 15.9 Å². The van der Waals surface area contributed by atoms with Crippen LogP contribution in [-0.4, -0.2) is 38.3 Å². The van der Waals surface area contributed by atoms with Gasteiger partial charge in [-0.1, -0.05) is 6.42 Å². The molecule has 1 aliphatic heterocycles. The fourth-order valence-corrected chi connectivity index (χ4v) is 3.29. The van der Waals surface area contributed by atoms with E-state index < -0.39 is 0 Å². The Balaban J connectivity index is 2.22. The van der Waals surface area contributed by atoms with Gasteiger partial charge in [-0.3, -0.25) is 4.90 Å². The lowest BCUT2D eigenvalue weighted by atomic mass is 10.0. The van der Waals surface area contributed by atoms with Crippen molar-refractivity contribution in [1.29, 1.82) is 0 Å². The van der Waals surface area contributed by atoms with Crippen molar-refractivity contribution in [2.45, 2.75) is 31.8 Å². The maximum absolute atomic E-state index is 5.89. The van der Waals surface area contributed by atoms with Crippen molar-refractivity contribution < 1.29 is 9.47 Å². The first-order valence-electron chi connectivity index (χ1n) is 7.04. The molecule has 0 amide bonds. The van der Waals surface area contributed by atoms with Gasteiger partial charge in [-0.25, -0.2) is 0 Å². The minimum Gasteiger partial charge on any atom is -0.496 e. The van der Waals surface area contributed by atoms with Crippen LogP contribution in [0, 0.1) is 0 Å². The summed E-state index contributed by atoms with van der Waals surface area (Å²) < 4.78 is 11.8. The molecule has 112 valence electrons. The van der Waals surface area contributed by atoms with E-state index >= 15 is 0 Å². The summed E-state index contributed by atoms with van der Waals surface area (Å²) >= 11 is 3.49. The number of halogens is 1. The number of ether oxygens (including phenoxy) is 2. The van der Waals surface area contributed by atoms with Gasteiger partial charge < -0.3 is 15.2 Å². The van der Waals surface area contributed by atoms with Crippen molar-refractivity contribution in [1.82, 2.24) is 4.90 Å². The van der Waals surface area contributed by atoms with Gasteiger partial charge in [-0.05, 0) is 47.4 Å². The number of hydrogen-bond donors (Lipinski definition) is 1. The zero-order valence-electron chi connectivity index (χ0n) is 12.2. The van der Waals surface area contributed by atoms with Crippen molar-refractivity contribution in [2.24, 2.45) is 5.73 Å². The highest BCUT2D eigenvalue weighted by molar-refractivity contribution is 9.10. The maximum Gasteiger partial charge on any atom is 0.133 e. The van der Waals surface area contributed by atoms with Crippen LogP contribution in [0.25, 0.3) is 0 Å². The molecule has 1 aromatic carbocycles. The van der Waals surface area contributed by atoms with Gasteiger partial charge in [0.1, 0.15) is 11.5 Å². The number of piperidine rings is 1. The largest absolute Gasteiger partial charge is 0.496 e. The molecular weight excluding hydrogens is 320 g/mol. The Morgan fingerprint density at radius 2 is 2.00 bits per heavy atom. The summed E-state index contributed by atoms with van der Waals surface area (Å²) in [7, 11) is 3.38. The lowest BCUT2D eigenvalue weighted by Gasteiger charge is -2.35. The normalized spacial score (nSPS) is 19.9. The first-order chi connectivity index (χ1) is 9.69. The topological polar surface area (TPSA) is 47.7 Å². The molecule has 1 saturated heterocycles. The van der Waals surface area contributed by atoms with E-state index in [1.165, 1.54) is 19.3 Å². The molecule has 1 fully saturated rings. The van der Waals surface area contributed by atoms with Crippen molar-refractivity contribution in [3.8, 4) is 11.5 Å². The first kappa shape index (κ1) is 15.6. The average Bonchev–Trinajstić information content (AvgIpc) is 2.49. The zero-order valence-corrected chi connectivity index (χ0v) is 13.8. The molecule has 5 heteroatoms. The summed E-state index contributed by atoms with van der Waals surface area (Å²) in [6, 6.07) is 4.49. The van der Waals surface area contributed by atoms with E-state index in [2.05, 4.69) is 20.8 Å². The van der Waals surface area contributed by atoms with Gasteiger partial charge in [0.2, 0.25) is 0 Å². The molecule has 1 aromatic rings. The molecule has 0 radical (unpaired) electrons. The molecule has 1 aliphatic rings. The molecule has 0 bridgehead atoms. The van der Waals surface area contributed by atoms with Gasteiger partial charge in [0, 0.05) is 24.7 Å². The van der Waals surface area contributed by atoms with Crippen LogP contribution < -0.4 is 15.2 Å². The molecule has 0 aliphatic carbocycles. The highest BCUT2D eigenvalue weighted by Gasteiger charge is 2.22. The van der Waals surface area contributed by atoms with E-state index in [0.717, 1.165) is 41.2 Å². The highest BCUT2D eigenvalue weighted by Crippen LogP contribution is 2.34. The number of nitrogens with zero attached hydrogens (tertiary/aromatic N) is 1. The molecule has 4 nitrogen and oxygen atoms in total. The van der Waals surface area contributed by atoms with Crippen LogP contribution in [-0.2, 0) is 6.54 Å². The summed E-state index contributed by atoms with van der Waals surface area (Å²) in [5, 5.41) is 0. The molecule has 0 aromatic heterocycles. The van der Waals surface area contributed by atoms with Gasteiger partial charge in [0.25, 0.3) is 0 Å². The Morgan fingerprint density at radius 1 is 1.25 bits per heavy atom. The minimum absolute atomic E-state index is 0.475. The van der Waals surface area contributed by atoms with Crippen molar-refractivity contribution in [2.75, 3.05) is 27.3 Å². The molecule has 1 atom stereocenters. The number of methoxy groups -OCH3 is 2. The summed E-state index contributed by atoms with van der Waals surface area (Å²) in [5.41, 5.74) is 7.04. The first-order valence-corrected chi connectivity index (χ1v) is 7.83. The molecule has 0 spiro atoms. The third-order valence-corrected chi connectivity index (χ3v) is 4.57. The van der Waals surface area contributed by atoms with Crippen molar-refractivity contribution >= 4 is 15.9 Å². The molecule has 2 rings (SSSR count). The Hall–Kier alpha value is -0.780. The van der Waals surface area contributed by atoms with Gasteiger partial charge in [-0.15, -0.1) is 0 Å². The summed E-state index contributed by atoms with van der Waals surface area (Å²) in [6.07, 6.45) is 3.71. The summed E-state index contributed by atoms with van der Waals surface area (Å²) in [6.45, 7) is 2.67. The average molecular weight is 343 g/mol. The molecule has 1 heterocycles. The van der Waals surface area contributed by atoms with E-state index in [0.29, 0.717) is 6.04 Å². The van der Waals surface area contributed by atoms with Crippen LogP contribution in [0.2, 0.25) is 0 Å². The van der Waals surface area contributed by atoms with Gasteiger partial charge >= 0.3 is 0 Å². The lowest BCUT2D eigenvalue weighted by Crippen LogP contribution is -2.43. The zero-order chi connectivity index (χ0) is 14.5. The standard InChI is InChI=1S/C15H23BrN2O2/c1-19-14-8-13(16)15(20-2)7-11(14)10-18-6-4-3-5-12(18)9-17/h7-8,12H,3-6,9-10,17H2,1-2H3. The molecule has 2 N–H and O–H groups in total. The molecular formula is C15H23BrN2O2. The predicted octanol–water partition coefficient (Wildman–Crippen LogP) is 2.78. The third kappa shape index (κ3) is 3.45. The maximum atomic E-state index is 5.89. The Bertz CT molecular complexity index is 454. The smallest absolute Gasteiger partial charge is 0.133 e. The lowest BCUT2D eigenvalue weighted by molar-refractivity contribution is 0.143. The van der Waals surface area contributed by atoms with Crippen LogP contribution in [0.3, 0.4) is 0 Å². The number of nitrogens with two attached hydrogens (primary N) is 1. The van der Waals surface area contributed by atoms with E-state index in [-0.39, 0.29) is 0 Å². The Morgan fingerprint density at radius 3 is 2.65 bits per heavy atom. The van der Waals surface area contributed by atoms with Crippen LogP contribution in [0.4, 0.5) is 0 Å². The number of benzene rings is 1. The fraction of sp³-hybridized carbons (Fsp3) is 0.600. The predicted molar refractivity (Wildman–Crippen MR) is 84.3 cm³/mol. The quantitative estimate of drug-likeness (QED) is 0.893. The van der Waals surface area contributed by atoms with Crippen LogP contribution in [0.15, 0.2) is 16.6 Å². The molecule has 0 saturated carbocycles. The second-order valence-corrected chi connectivity index (χ2v) is 6.01. The van der Waals surface area contributed by atoms with Crippen LogP contribution in [0.1, 0.15) is 24.8 Å². The van der Waals surface area contributed by atoms with Crippen LogP contribution in [0.5, 0.6) is 11.5 Å². The molecule has 20 heavy (non-hydrogen) atoms. The summed E-state index contributed by atoms with van der Waals surface area (Å²) in [4.78, 5) is 2.45. The SMILES string of the molecule is COc1cc(CN2CCCCC2CN)c(OC)cc1Br. The second-order valence-electron chi connectivity index (χ2n) is 5.15. The van der Waals surface area contributed by atoms with E-state index in [4.69, 9.17) is 15.2 Å². The van der Waals surface area contributed by atoms with E-state index in [1.54, 1.807) is 14.2 Å². The number of rotatable bonds is 5. The van der Waals surface area contributed by atoms with Gasteiger partial charge in [-0.2, -0.15) is 0 Å². The summed E-state index contributed by atoms with van der Waals surface area (Å²) in [5.74, 6) is 1.72. The fourth-order valence-electron chi connectivity index (χ4n) is 2.80. The van der Waals surface area contributed by atoms with Gasteiger partial charge in [0.15, 0.2) is 0 Å². The van der Waals surface area contributed by atoms with Crippen molar-refractivity contribution in [3.63, 3.8) is 0 Å². The highest BCUT2D eigenvalue weighted by atomic mass is 79.9. The Kier molecular flexibility index (Phi) is 5.69. The number of hydrogen-bond acceptors (Lipinski definition) is 4. The van der Waals surface area contributed by atoms with E-state index in [1.807, 2.05) is 12.1 Å². The van der Waals surface area contributed by atoms with E-state index in [9.17, 15) is 0 Å². The molecule has 1 unspecified atom stereocenters. The minimum atomic E-state index is 0.475. The monoisotopic (exact) mass is 342 g/mol. The third-order valence-electron chi connectivity index (χ3n) is 3.95. The van der Waals surface area contributed by atoms with Gasteiger partial charge in [0.05, 0.1) is 18.7 Å². The second kappa shape index (κ2) is 7.29.